The number of benzene rings is 1. The number of carbonyl (C=O) groups is 1. The third-order valence-electron chi connectivity index (χ3n) is 1.01. The molecule has 2 nitrogen and oxygen atoms in total. The van der Waals surface area contributed by atoms with Crippen LogP contribution in [-0.2, 0) is 5.11 Å². The first kappa shape index (κ1) is 5.82. The second kappa shape index (κ2) is 2.31. The molecule has 0 aliphatic rings. The van der Waals surface area contributed by atoms with Crippen LogP contribution in [0.15, 0.2) is 30.3 Å². The van der Waals surface area contributed by atoms with Gasteiger partial charge in [-0.15, -0.1) is 0 Å². The molecule has 0 spiro atoms. The second-order valence-electron chi connectivity index (χ2n) is 1.65. The molecular weight excluding hydrogens is 104 g/mol. The van der Waals surface area contributed by atoms with Gasteiger partial charge in [0, 0.05) is 0 Å². The van der Waals surface area contributed by atoms with Crippen LogP contribution in [-0.4, -0.2) is 5.97 Å². The van der Waals surface area contributed by atoms with Crippen molar-refractivity contribution < 1.29 is 9.90 Å². The van der Waals surface area contributed by atoms with E-state index in [1.807, 2.05) is 0 Å². The predicted molar refractivity (Wildman–Crippen MR) is 31.5 cm³/mol. The molecule has 0 amide bonds. The van der Waals surface area contributed by atoms with Crippen LogP contribution < -0.4 is 0 Å². The minimum atomic E-state index is -1.13. The minimum Gasteiger partial charge on any atom is -0.242 e. The third-order valence-corrected chi connectivity index (χ3v) is 1.01. The summed E-state index contributed by atoms with van der Waals surface area (Å²) in [4.78, 5) is 10.1. The van der Waals surface area contributed by atoms with Gasteiger partial charge in [0.1, 0.15) is 0 Å². The molecule has 0 N–H and O–H groups in total. The summed E-state index contributed by atoms with van der Waals surface area (Å²) < 4.78 is 0. The molecule has 0 aliphatic carbocycles. The van der Waals surface area contributed by atoms with Crippen molar-refractivity contribution >= 4 is 5.97 Å². The molecule has 0 fully saturated rings. The molecule has 45 valence electrons. The smallest absolute Gasteiger partial charge is 0.242 e. The molecule has 1 aromatic rings. The van der Waals surface area contributed by atoms with E-state index in [0.29, 0.717) is 0 Å². The van der Waals surface area contributed by atoms with E-state index in [0.717, 1.165) is 0 Å². The fourth-order valence-electron chi connectivity index (χ4n) is 0.574. The zero-order valence-electron chi connectivity index (χ0n) is 4.70. The molecule has 9 heavy (non-hydrogen) atoms. The van der Waals surface area contributed by atoms with Gasteiger partial charge in [0.25, 0.3) is 0 Å². The molecule has 0 aliphatic heterocycles. The standard InChI is InChI=1S/C7H5O2/c8-7(9)6-4-2-1-3-5-6/h1-5H/i8-12. The highest BCUT2D eigenvalue weighted by atomic mass is 16.1. The van der Waals surface area contributed by atoms with Crippen molar-refractivity contribution in [3.05, 3.63) is 35.9 Å². The number of rotatable bonds is 1. The summed E-state index contributed by atoms with van der Waals surface area (Å²) in [5.41, 5.74) is 0.220. The Balaban J connectivity index is 2.98. The first-order valence-corrected chi connectivity index (χ1v) is 2.57. The number of carbonyl (C=O) groups excluding carboxylic acids is 1. The lowest BCUT2D eigenvalue weighted by atomic mass is 3.87. The summed E-state index contributed by atoms with van der Waals surface area (Å²) in [5, 5.41) is 10.1. The summed E-state index contributed by atoms with van der Waals surface area (Å²) >= 11 is 0. The van der Waals surface area contributed by atoms with Crippen molar-refractivity contribution in [1.29, 1.82) is 0 Å². The summed E-state index contributed by atoms with van der Waals surface area (Å²) in [7, 11) is 0. The van der Waals surface area contributed by atoms with Crippen molar-refractivity contribution in [3.8, 4) is 0 Å². The monoisotopic (exact) mass is 109 g/mol. The van der Waals surface area contributed by atoms with Gasteiger partial charge in [-0.05, 0) is 12.1 Å². The van der Waals surface area contributed by atoms with Crippen molar-refractivity contribution in [2.75, 3.05) is 0 Å². The highest BCUT2D eigenvalue weighted by Crippen LogP contribution is 1.96. The highest BCUT2D eigenvalue weighted by Gasteiger charge is 1.99. The van der Waals surface area contributed by atoms with E-state index >= 15 is 0 Å². The number of hydrogen-bond donors (Lipinski definition) is 0. The van der Waals surface area contributed by atoms with Crippen LogP contribution in [0.1, 0.15) is 10.4 Å². The van der Waals surface area contributed by atoms with Gasteiger partial charge >= 0.3 is 5.97 Å². The first-order valence-electron chi connectivity index (χ1n) is 2.57. The van der Waals surface area contributed by atoms with Crippen LogP contribution in [0.5, 0.6) is 0 Å². The normalized spacial score (nSPS) is 8.89. The Morgan fingerprint density at radius 2 is 1.78 bits per heavy atom. The average Bonchev–Trinajstić information content (AvgIpc) is 1.90. The first-order chi connectivity index (χ1) is 4.30. The molecule has 0 heterocycles. The zero-order chi connectivity index (χ0) is 6.69. The van der Waals surface area contributed by atoms with Crippen molar-refractivity contribution in [3.63, 3.8) is 0 Å². The molecule has 0 unspecified atom stereocenters. The molecule has 0 bridgehead atoms. The van der Waals surface area contributed by atoms with Gasteiger partial charge in [0.05, 0.1) is 5.56 Å². The van der Waals surface area contributed by atoms with E-state index in [2.05, 4.69) is 0 Å². The molecular formula is C7H5O2. The highest BCUT2D eigenvalue weighted by molar-refractivity contribution is 5.86. The molecule has 1 radical (unpaired) electrons. The topological polar surface area (TPSA) is 37.0 Å². The lowest BCUT2D eigenvalue weighted by molar-refractivity contribution is 0.0573. The van der Waals surface area contributed by atoms with Crippen LogP contribution in [0, 0.1) is 0 Å². The van der Waals surface area contributed by atoms with Crippen LogP contribution in [0.3, 0.4) is 0 Å². The van der Waals surface area contributed by atoms with E-state index in [9.17, 15) is 9.90 Å². The largest absolute Gasteiger partial charge is 0.386 e. The van der Waals surface area contributed by atoms with Crippen LogP contribution >= 0.6 is 0 Å². The Bertz CT molecular complexity index is 203. The average molecular weight is 109 g/mol. The van der Waals surface area contributed by atoms with E-state index in [1.165, 1.54) is 12.1 Å². The lowest BCUT2D eigenvalue weighted by Crippen LogP contribution is -1.91. The SMILES string of the molecule is O=C([4O])c1ccccc1. The van der Waals surface area contributed by atoms with E-state index in [4.69, 9.17) is 0 Å². The van der Waals surface area contributed by atoms with Crippen molar-refractivity contribution in [1.82, 2.24) is 0 Å². The van der Waals surface area contributed by atoms with Gasteiger partial charge in [-0.2, -0.15) is 0 Å². The van der Waals surface area contributed by atoms with E-state index in [1.54, 1.807) is 18.2 Å². The molecule has 0 saturated carbocycles. The van der Waals surface area contributed by atoms with Gasteiger partial charge in [-0.3, -0.25) is 0 Å². The van der Waals surface area contributed by atoms with Gasteiger partial charge in [-0.1, -0.05) is 18.2 Å². The summed E-state index contributed by atoms with van der Waals surface area (Å²) in [6.07, 6.45) is 0. The van der Waals surface area contributed by atoms with Crippen molar-refractivity contribution in [2.24, 2.45) is 0 Å². The van der Waals surface area contributed by atoms with Gasteiger partial charge in [0.2, 0.25) is 0 Å². The van der Waals surface area contributed by atoms with Crippen LogP contribution in [0.4, 0.5) is 0 Å². The Morgan fingerprint density at radius 1 is 1.22 bits per heavy atom. The minimum absolute atomic E-state index is 0.220. The van der Waals surface area contributed by atoms with E-state index in [-0.39, 0.29) is 5.56 Å². The fourth-order valence-corrected chi connectivity index (χ4v) is 0.574. The summed E-state index contributed by atoms with van der Waals surface area (Å²) in [5.74, 6) is -1.13. The fraction of sp³-hybridized carbons (Fsp3) is 0. The quantitative estimate of drug-likeness (QED) is 0.534. The Morgan fingerprint density at radius 3 is 2.11 bits per heavy atom. The Labute approximate surface area is 52.8 Å². The van der Waals surface area contributed by atoms with Crippen molar-refractivity contribution in [2.45, 2.75) is 0 Å². The van der Waals surface area contributed by atoms with Gasteiger partial charge < -0.3 is 0 Å². The lowest BCUT2D eigenvalue weighted by Gasteiger charge is -1.85. The van der Waals surface area contributed by atoms with Crippen LogP contribution in [0.25, 0.3) is 0 Å². The zero-order valence-corrected chi connectivity index (χ0v) is 4.70. The molecule has 1 rings (SSSR count). The Hall–Kier alpha value is -1.31. The predicted octanol–water partition coefficient (Wildman–Crippen LogP) is 1.26. The van der Waals surface area contributed by atoms with E-state index < -0.39 is 5.97 Å². The third kappa shape index (κ3) is 1.29. The molecule has 0 atom stereocenters. The maximum atomic E-state index is 10.1. The van der Waals surface area contributed by atoms with Crippen LogP contribution in [0.2, 0.25) is 0 Å². The van der Waals surface area contributed by atoms with Gasteiger partial charge in [-0.25, -0.2) is 9.90 Å². The second-order valence-corrected chi connectivity index (χ2v) is 1.65. The molecule has 1 aromatic carbocycles. The number of hydrogen-bond acceptors (Lipinski definition) is 1. The summed E-state index contributed by atoms with van der Waals surface area (Å²) in [6.45, 7) is 0. The molecule has 0 aromatic heterocycles. The molecule has 2 heteroatoms. The molecule has 0 saturated heterocycles. The maximum Gasteiger partial charge on any atom is 0.386 e. The Kier molecular flexibility index (Phi) is 1.49. The van der Waals surface area contributed by atoms with Gasteiger partial charge in [0.15, 0.2) is 0 Å². The maximum absolute atomic E-state index is 10.1. The summed E-state index contributed by atoms with van der Waals surface area (Å²) in [6, 6.07) is 8.06.